The van der Waals surface area contributed by atoms with Gasteiger partial charge in [-0.25, -0.2) is 9.37 Å². The first-order valence-electron chi connectivity index (χ1n) is 8.67. The van der Waals surface area contributed by atoms with E-state index in [1.165, 1.54) is 12.1 Å². The van der Waals surface area contributed by atoms with E-state index in [0.717, 1.165) is 16.9 Å². The van der Waals surface area contributed by atoms with Crippen molar-refractivity contribution in [2.24, 2.45) is 0 Å². The van der Waals surface area contributed by atoms with Crippen LogP contribution in [0.15, 0.2) is 48.5 Å². The van der Waals surface area contributed by atoms with Gasteiger partial charge in [0.05, 0.1) is 17.6 Å². The van der Waals surface area contributed by atoms with E-state index in [9.17, 15) is 9.18 Å². The Morgan fingerprint density at radius 2 is 2.08 bits per heavy atom. The molecule has 0 spiro atoms. The minimum Gasteiger partial charge on any atom is -0.383 e. The van der Waals surface area contributed by atoms with E-state index in [0.29, 0.717) is 31.8 Å². The van der Waals surface area contributed by atoms with E-state index >= 15 is 0 Å². The molecule has 0 bridgehead atoms. The highest BCUT2D eigenvalue weighted by Gasteiger charge is 2.34. The first-order valence-corrected chi connectivity index (χ1v) is 8.67. The Labute approximate surface area is 151 Å². The number of rotatable bonds is 5. The first-order chi connectivity index (χ1) is 12.7. The number of benzene rings is 2. The molecule has 0 radical (unpaired) electrons. The summed E-state index contributed by atoms with van der Waals surface area (Å²) in [6.07, 6.45) is 0.368. The zero-order chi connectivity index (χ0) is 18.1. The Morgan fingerprint density at radius 1 is 1.23 bits per heavy atom. The molecule has 1 amide bonds. The van der Waals surface area contributed by atoms with Gasteiger partial charge in [-0.1, -0.05) is 18.2 Å². The maximum absolute atomic E-state index is 13.5. The third-order valence-electron chi connectivity index (χ3n) is 4.81. The van der Waals surface area contributed by atoms with Crippen LogP contribution in [0, 0.1) is 5.82 Å². The van der Waals surface area contributed by atoms with Crippen molar-refractivity contribution in [3.05, 3.63) is 60.2 Å². The van der Waals surface area contributed by atoms with Gasteiger partial charge in [0, 0.05) is 38.2 Å². The number of para-hydroxylation sites is 2. The molecular formula is C20H20FN3O2. The molecule has 26 heavy (non-hydrogen) atoms. The van der Waals surface area contributed by atoms with Gasteiger partial charge in [-0.15, -0.1) is 0 Å². The van der Waals surface area contributed by atoms with Crippen molar-refractivity contribution in [2.45, 2.75) is 18.9 Å². The second-order valence-electron chi connectivity index (χ2n) is 6.49. The van der Waals surface area contributed by atoms with Gasteiger partial charge in [-0.05, 0) is 30.3 Å². The van der Waals surface area contributed by atoms with Crippen LogP contribution in [0.2, 0.25) is 0 Å². The van der Waals surface area contributed by atoms with Gasteiger partial charge in [0.2, 0.25) is 5.91 Å². The summed E-state index contributed by atoms with van der Waals surface area (Å²) in [4.78, 5) is 19.0. The predicted molar refractivity (Wildman–Crippen MR) is 97.7 cm³/mol. The molecule has 1 saturated heterocycles. The van der Waals surface area contributed by atoms with Crippen LogP contribution in [0.1, 0.15) is 18.2 Å². The van der Waals surface area contributed by atoms with Gasteiger partial charge in [0.15, 0.2) is 0 Å². The van der Waals surface area contributed by atoms with Crippen molar-refractivity contribution >= 4 is 22.6 Å². The van der Waals surface area contributed by atoms with E-state index in [2.05, 4.69) is 4.57 Å². The average molecular weight is 353 g/mol. The summed E-state index contributed by atoms with van der Waals surface area (Å²) in [7, 11) is 1.67. The molecule has 1 atom stereocenters. The molecule has 6 heteroatoms. The first kappa shape index (κ1) is 16.7. The summed E-state index contributed by atoms with van der Waals surface area (Å²) in [5, 5.41) is 0. The molecule has 1 unspecified atom stereocenters. The number of aromatic nitrogens is 2. The number of fused-ring (bicyclic) bond motifs is 1. The van der Waals surface area contributed by atoms with Gasteiger partial charge in [-0.2, -0.15) is 0 Å². The number of hydrogen-bond acceptors (Lipinski definition) is 3. The minimum absolute atomic E-state index is 0.00838. The number of nitrogens with zero attached hydrogens (tertiary/aromatic N) is 3. The highest BCUT2D eigenvalue weighted by atomic mass is 19.1. The van der Waals surface area contributed by atoms with Crippen LogP contribution in [0.3, 0.4) is 0 Å². The highest BCUT2D eigenvalue weighted by Crippen LogP contribution is 2.33. The zero-order valence-electron chi connectivity index (χ0n) is 14.6. The highest BCUT2D eigenvalue weighted by molar-refractivity contribution is 5.96. The van der Waals surface area contributed by atoms with Crippen molar-refractivity contribution in [2.75, 3.05) is 25.2 Å². The molecule has 0 N–H and O–H groups in total. The Kier molecular flexibility index (Phi) is 4.42. The molecule has 1 aliphatic rings. The molecular weight excluding hydrogens is 333 g/mol. The minimum atomic E-state index is -0.342. The second-order valence-corrected chi connectivity index (χ2v) is 6.49. The lowest BCUT2D eigenvalue weighted by Crippen LogP contribution is -2.24. The Bertz CT molecular complexity index is 953. The Morgan fingerprint density at radius 3 is 2.88 bits per heavy atom. The third kappa shape index (κ3) is 2.97. The molecule has 1 aliphatic heterocycles. The molecule has 4 rings (SSSR count). The van der Waals surface area contributed by atoms with Crippen molar-refractivity contribution < 1.29 is 13.9 Å². The monoisotopic (exact) mass is 353 g/mol. The SMILES string of the molecule is COCCn1c(C2CC(=O)N(c3cccc(F)c3)C2)nc2ccccc21. The Hall–Kier alpha value is -2.73. The van der Waals surface area contributed by atoms with Crippen molar-refractivity contribution in [3.8, 4) is 0 Å². The molecule has 5 nitrogen and oxygen atoms in total. The summed E-state index contributed by atoms with van der Waals surface area (Å²) >= 11 is 0. The van der Waals surface area contributed by atoms with Gasteiger partial charge in [-0.3, -0.25) is 4.79 Å². The summed E-state index contributed by atoms with van der Waals surface area (Å²) in [6, 6.07) is 14.1. The fourth-order valence-electron chi connectivity index (χ4n) is 3.60. The fourth-order valence-corrected chi connectivity index (χ4v) is 3.60. The van der Waals surface area contributed by atoms with Crippen LogP contribution in [-0.4, -0.2) is 35.7 Å². The number of hydrogen-bond donors (Lipinski definition) is 0. The molecule has 0 saturated carbocycles. The number of carbonyl (C=O) groups is 1. The van der Waals surface area contributed by atoms with Crippen LogP contribution >= 0.6 is 0 Å². The number of imidazole rings is 1. The van der Waals surface area contributed by atoms with E-state index in [1.807, 2.05) is 24.3 Å². The van der Waals surface area contributed by atoms with Crippen molar-refractivity contribution in [3.63, 3.8) is 0 Å². The van der Waals surface area contributed by atoms with E-state index < -0.39 is 0 Å². The van der Waals surface area contributed by atoms with E-state index in [-0.39, 0.29) is 17.6 Å². The van der Waals surface area contributed by atoms with E-state index in [1.54, 1.807) is 24.1 Å². The summed E-state index contributed by atoms with van der Waals surface area (Å²) < 4.78 is 20.9. The van der Waals surface area contributed by atoms with Gasteiger partial charge in [0.25, 0.3) is 0 Å². The van der Waals surface area contributed by atoms with Crippen molar-refractivity contribution in [1.29, 1.82) is 0 Å². The normalized spacial score (nSPS) is 17.4. The van der Waals surface area contributed by atoms with E-state index in [4.69, 9.17) is 9.72 Å². The summed E-state index contributed by atoms with van der Waals surface area (Å²) in [5.74, 6) is 0.502. The third-order valence-corrected chi connectivity index (χ3v) is 4.81. The van der Waals surface area contributed by atoms with Crippen LogP contribution in [-0.2, 0) is 16.1 Å². The lowest BCUT2D eigenvalue weighted by molar-refractivity contribution is -0.117. The quantitative estimate of drug-likeness (QED) is 0.707. The number of carbonyl (C=O) groups excluding carboxylic acids is 1. The number of anilines is 1. The maximum Gasteiger partial charge on any atom is 0.227 e. The molecule has 3 aromatic rings. The fraction of sp³-hybridized carbons (Fsp3) is 0.300. The number of methoxy groups -OCH3 is 1. The van der Waals surface area contributed by atoms with Gasteiger partial charge < -0.3 is 14.2 Å². The Balaban J connectivity index is 1.68. The van der Waals surface area contributed by atoms with Crippen LogP contribution < -0.4 is 4.90 Å². The number of halogens is 1. The average Bonchev–Trinajstić information content (AvgIpc) is 3.20. The molecule has 1 fully saturated rings. The number of amides is 1. The summed E-state index contributed by atoms with van der Waals surface area (Å²) in [5.41, 5.74) is 2.54. The molecule has 0 aliphatic carbocycles. The predicted octanol–water partition coefficient (Wildman–Crippen LogP) is 3.34. The van der Waals surface area contributed by atoms with Crippen LogP contribution in [0.5, 0.6) is 0 Å². The zero-order valence-corrected chi connectivity index (χ0v) is 14.6. The lowest BCUT2D eigenvalue weighted by Gasteiger charge is -2.17. The second kappa shape index (κ2) is 6.88. The number of ether oxygens (including phenoxy) is 1. The maximum atomic E-state index is 13.5. The molecule has 2 aromatic carbocycles. The van der Waals surface area contributed by atoms with Gasteiger partial charge >= 0.3 is 0 Å². The van der Waals surface area contributed by atoms with Crippen LogP contribution in [0.4, 0.5) is 10.1 Å². The van der Waals surface area contributed by atoms with Gasteiger partial charge in [0.1, 0.15) is 11.6 Å². The van der Waals surface area contributed by atoms with Crippen LogP contribution in [0.25, 0.3) is 11.0 Å². The largest absolute Gasteiger partial charge is 0.383 e. The lowest BCUT2D eigenvalue weighted by atomic mass is 10.1. The smallest absolute Gasteiger partial charge is 0.227 e. The molecule has 2 heterocycles. The molecule has 1 aromatic heterocycles. The summed E-state index contributed by atoms with van der Waals surface area (Å²) in [6.45, 7) is 1.75. The standard InChI is InChI=1S/C20H20FN3O2/c1-26-10-9-23-18-8-3-2-7-17(18)22-20(23)14-11-19(25)24(13-14)16-6-4-5-15(21)12-16/h2-8,12,14H,9-11,13H2,1H3. The molecule has 134 valence electrons. The van der Waals surface area contributed by atoms with Crippen molar-refractivity contribution in [1.82, 2.24) is 9.55 Å². The topological polar surface area (TPSA) is 47.4 Å².